The summed E-state index contributed by atoms with van der Waals surface area (Å²) in [5, 5.41) is 8.66. The lowest BCUT2D eigenvalue weighted by atomic mass is 10.0. The maximum Gasteiger partial charge on any atom is 0.128 e. The Morgan fingerprint density at radius 3 is 2.48 bits per heavy atom. The van der Waals surface area contributed by atoms with E-state index in [0.29, 0.717) is 23.6 Å². The summed E-state index contributed by atoms with van der Waals surface area (Å²) in [4.78, 5) is 2.29. The SMILES string of the molecule is CCC(CC)CN(CC)Cc1ccc(C#CCO)cc1F. The molecule has 0 saturated heterocycles. The van der Waals surface area contributed by atoms with E-state index in [-0.39, 0.29) is 12.4 Å². The minimum atomic E-state index is -0.220. The number of benzene rings is 1. The van der Waals surface area contributed by atoms with Crippen LogP contribution in [0.5, 0.6) is 0 Å². The molecule has 0 heterocycles. The summed E-state index contributed by atoms with van der Waals surface area (Å²) < 4.78 is 14.1. The number of hydrogen-bond acceptors (Lipinski definition) is 2. The van der Waals surface area contributed by atoms with Crippen molar-refractivity contribution < 1.29 is 9.50 Å². The molecule has 0 spiro atoms. The highest BCUT2D eigenvalue weighted by Crippen LogP contribution is 2.16. The Morgan fingerprint density at radius 2 is 1.95 bits per heavy atom. The maximum absolute atomic E-state index is 14.1. The van der Waals surface area contributed by atoms with Crippen molar-refractivity contribution in [2.45, 2.75) is 40.2 Å². The van der Waals surface area contributed by atoms with Gasteiger partial charge in [0.25, 0.3) is 0 Å². The van der Waals surface area contributed by atoms with Crippen LogP contribution in [0.3, 0.4) is 0 Å². The number of hydrogen-bond donors (Lipinski definition) is 1. The second kappa shape index (κ2) is 9.55. The van der Waals surface area contributed by atoms with Crippen molar-refractivity contribution in [3.8, 4) is 11.8 Å². The Kier molecular flexibility index (Phi) is 8.04. The van der Waals surface area contributed by atoms with Gasteiger partial charge in [-0.2, -0.15) is 0 Å². The summed E-state index contributed by atoms with van der Waals surface area (Å²) in [6, 6.07) is 5.06. The lowest BCUT2D eigenvalue weighted by Gasteiger charge is -2.25. The van der Waals surface area contributed by atoms with Gasteiger partial charge in [-0.05, 0) is 24.6 Å². The third-order valence-corrected chi connectivity index (χ3v) is 3.88. The van der Waals surface area contributed by atoms with Gasteiger partial charge in [-0.15, -0.1) is 0 Å². The van der Waals surface area contributed by atoms with Gasteiger partial charge in [0.15, 0.2) is 0 Å². The molecule has 0 radical (unpaired) electrons. The van der Waals surface area contributed by atoms with E-state index in [1.807, 2.05) is 6.07 Å². The number of aliphatic hydroxyl groups is 1. The third kappa shape index (κ3) is 5.87. The lowest BCUT2D eigenvalue weighted by molar-refractivity contribution is 0.223. The second-order valence-electron chi connectivity index (χ2n) is 5.28. The van der Waals surface area contributed by atoms with Crippen molar-refractivity contribution in [2.24, 2.45) is 5.92 Å². The van der Waals surface area contributed by atoms with Crippen molar-refractivity contribution in [3.63, 3.8) is 0 Å². The topological polar surface area (TPSA) is 23.5 Å². The quantitative estimate of drug-likeness (QED) is 0.778. The van der Waals surface area contributed by atoms with Gasteiger partial charge in [0.1, 0.15) is 12.4 Å². The molecule has 21 heavy (non-hydrogen) atoms. The molecule has 0 atom stereocenters. The highest BCUT2D eigenvalue weighted by molar-refractivity contribution is 5.37. The summed E-state index contributed by atoms with van der Waals surface area (Å²) in [6.45, 7) is 8.88. The van der Waals surface area contributed by atoms with Gasteiger partial charge in [-0.1, -0.05) is 51.5 Å². The predicted octanol–water partition coefficient (Wildman–Crippen LogP) is 3.43. The number of aliphatic hydroxyl groups excluding tert-OH is 1. The van der Waals surface area contributed by atoms with E-state index in [0.717, 1.165) is 25.9 Å². The van der Waals surface area contributed by atoms with Gasteiger partial charge in [0.05, 0.1) is 0 Å². The molecule has 116 valence electrons. The molecule has 0 amide bonds. The van der Waals surface area contributed by atoms with Crippen LogP contribution in [0.25, 0.3) is 0 Å². The summed E-state index contributed by atoms with van der Waals surface area (Å²) in [6.07, 6.45) is 2.32. The van der Waals surface area contributed by atoms with Crippen LogP contribution in [-0.2, 0) is 6.54 Å². The van der Waals surface area contributed by atoms with E-state index < -0.39 is 0 Å². The average Bonchev–Trinajstić information content (AvgIpc) is 2.51. The number of nitrogens with zero attached hydrogens (tertiary/aromatic N) is 1. The zero-order valence-electron chi connectivity index (χ0n) is 13.3. The van der Waals surface area contributed by atoms with Crippen LogP contribution in [0.2, 0.25) is 0 Å². The van der Waals surface area contributed by atoms with Crippen LogP contribution >= 0.6 is 0 Å². The number of halogens is 1. The van der Waals surface area contributed by atoms with Crippen LogP contribution in [0.1, 0.15) is 44.7 Å². The zero-order valence-corrected chi connectivity index (χ0v) is 13.3. The summed E-state index contributed by atoms with van der Waals surface area (Å²) >= 11 is 0. The fourth-order valence-electron chi connectivity index (χ4n) is 2.35. The lowest BCUT2D eigenvalue weighted by Crippen LogP contribution is -2.29. The van der Waals surface area contributed by atoms with Gasteiger partial charge in [-0.25, -0.2) is 4.39 Å². The first-order chi connectivity index (χ1) is 10.1. The van der Waals surface area contributed by atoms with Gasteiger partial charge in [0.2, 0.25) is 0 Å². The maximum atomic E-state index is 14.1. The smallest absolute Gasteiger partial charge is 0.128 e. The van der Waals surface area contributed by atoms with Crippen LogP contribution in [-0.4, -0.2) is 29.7 Å². The molecule has 1 rings (SSSR count). The zero-order chi connectivity index (χ0) is 15.7. The Bertz CT molecular complexity index is 486. The van der Waals surface area contributed by atoms with E-state index in [1.165, 1.54) is 6.07 Å². The fourth-order valence-corrected chi connectivity index (χ4v) is 2.35. The van der Waals surface area contributed by atoms with E-state index in [9.17, 15) is 4.39 Å². The van der Waals surface area contributed by atoms with E-state index >= 15 is 0 Å². The molecule has 0 aliphatic rings. The Hall–Kier alpha value is -1.37. The van der Waals surface area contributed by atoms with Gasteiger partial charge >= 0.3 is 0 Å². The standard InChI is InChI=1S/C18H26FNO/c1-4-15(5-2)13-20(6-3)14-17-10-9-16(8-7-11-21)12-18(17)19/h9-10,12,15,21H,4-6,11,13-14H2,1-3H3. The Morgan fingerprint density at radius 1 is 1.24 bits per heavy atom. The van der Waals surface area contributed by atoms with Crippen molar-refractivity contribution in [1.82, 2.24) is 4.90 Å². The molecular formula is C18H26FNO. The van der Waals surface area contributed by atoms with Crippen molar-refractivity contribution in [1.29, 1.82) is 0 Å². The molecule has 0 bridgehead atoms. The molecule has 1 aromatic carbocycles. The molecule has 1 N–H and O–H groups in total. The first kappa shape index (κ1) is 17.7. The second-order valence-corrected chi connectivity index (χ2v) is 5.28. The molecule has 0 aliphatic carbocycles. The van der Waals surface area contributed by atoms with Crippen molar-refractivity contribution in [2.75, 3.05) is 19.7 Å². The fraction of sp³-hybridized carbons (Fsp3) is 0.556. The van der Waals surface area contributed by atoms with Gasteiger partial charge < -0.3 is 5.11 Å². The number of rotatable bonds is 7. The van der Waals surface area contributed by atoms with Crippen LogP contribution in [0.15, 0.2) is 18.2 Å². The molecule has 1 aromatic rings. The van der Waals surface area contributed by atoms with Crippen molar-refractivity contribution >= 4 is 0 Å². The molecule has 2 nitrogen and oxygen atoms in total. The summed E-state index contributed by atoms with van der Waals surface area (Å²) in [7, 11) is 0. The normalized spacial score (nSPS) is 10.8. The molecule has 0 unspecified atom stereocenters. The Labute approximate surface area is 128 Å². The molecule has 0 aromatic heterocycles. The van der Waals surface area contributed by atoms with Crippen molar-refractivity contribution in [3.05, 3.63) is 35.1 Å². The Balaban J connectivity index is 2.76. The monoisotopic (exact) mass is 291 g/mol. The third-order valence-electron chi connectivity index (χ3n) is 3.88. The molecule has 0 fully saturated rings. The molecular weight excluding hydrogens is 265 g/mol. The van der Waals surface area contributed by atoms with Gasteiger partial charge in [-0.3, -0.25) is 4.90 Å². The molecule has 0 aliphatic heterocycles. The highest BCUT2D eigenvalue weighted by atomic mass is 19.1. The minimum Gasteiger partial charge on any atom is -0.384 e. The predicted molar refractivity (Wildman–Crippen MR) is 85.4 cm³/mol. The molecule has 0 saturated carbocycles. The molecule has 3 heteroatoms. The van der Waals surface area contributed by atoms with E-state index in [1.54, 1.807) is 6.07 Å². The summed E-state index contributed by atoms with van der Waals surface area (Å²) in [5.41, 5.74) is 1.31. The van der Waals surface area contributed by atoms with E-state index in [4.69, 9.17) is 5.11 Å². The van der Waals surface area contributed by atoms with E-state index in [2.05, 4.69) is 37.5 Å². The highest BCUT2D eigenvalue weighted by Gasteiger charge is 2.12. The minimum absolute atomic E-state index is 0.206. The van der Waals surface area contributed by atoms with Crippen LogP contribution < -0.4 is 0 Å². The summed E-state index contributed by atoms with van der Waals surface area (Å²) in [5.74, 6) is 5.71. The first-order valence-corrected chi connectivity index (χ1v) is 7.75. The first-order valence-electron chi connectivity index (χ1n) is 7.75. The van der Waals surface area contributed by atoms with Crippen LogP contribution in [0, 0.1) is 23.6 Å². The van der Waals surface area contributed by atoms with Crippen LogP contribution in [0.4, 0.5) is 4.39 Å². The largest absolute Gasteiger partial charge is 0.384 e. The average molecular weight is 291 g/mol. The van der Waals surface area contributed by atoms with Gasteiger partial charge in [0, 0.05) is 24.2 Å².